The molecule has 1 unspecified atom stereocenters. The van der Waals surface area contributed by atoms with E-state index in [0.29, 0.717) is 6.42 Å². The van der Waals surface area contributed by atoms with Crippen LogP contribution in [0.5, 0.6) is 0 Å². The molecule has 0 fully saturated rings. The normalized spacial score (nSPS) is 12.8. The minimum atomic E-state index is -0.600. The summed E-state index contributed by atoms with van der Waals surface area (Å²) < 4.78 is 0. The molecule has 0 aliphatic carbocycles. The molecule has 0 bridgehead atoms. The van der Waals surface area contributed by atoms with E-state index in [4.69, 9.17) is 11.6 Å². The minimum Gasteiger partial charge on any atom is -0.348 e. The fourth-order valence-corrected chi connectivity index (χ4v) is 2.66. The van der Waals surface area contributed by atoms with Crippen LogP contribution in [-0.2, 0) is 0 Å². The Labute approximate surface area is 137 Å². The summed E-state index contributed by atoms with van der Waals surface area (Å²) in [5, 5.41) is 14.7. The van der Waals surface area contributed by atoms with Crippen LogP contribution in [0, 0.1) is 15.5 Å². The highest BCUT2D eigenvalue weighted by atomic mass is 79.9. The summed E-state index contributed by atoms with van der Waals surface area (Å²) >= 11 is 9.32. The number of benzene rings is 1. The van der Waals surface area contributed by atoms with E-state index in [1.807, 2.05) is 20.8 Å². The van der Waals surface area contributed by atoms with Crippen molar-refractivity contribution >= 4 is 39.1 Å². The quantitative estimate of drug-likeness (QED) is 0.475. The third-order valence-corrected chi connectivity index (χ3v) is 3.94. The highest BCUT2D eigenvalue weighted by Gasteiger charge is 2.29. The van der Waals surface area contributed by atoms with Crippen LogP contribution in [0.2, 0.25) is 5.02 Å². The van der Waals surface area contributed by atoms with Gasteiger partial charge in [0.25, 0.3) is 11.6 Å². The van der Waals surface area contributed by atoms with Crippen LogP contribution in [0.15, 0.2) is 18.2 Å². The molecule has 0 spiro atoms. The van der Waals surface area contributed by atoms with E-state index in [2.05, 4.69) is 21.2 Å². The Bertz CT molecular complexity index is 544. The summed E-state index contributed by atoms with van der Waals surface area (Å²) in [4.78, 5) is 22.9. The molecule has 0 saturated heterocycles. The molecular formula is C14H18BrClN2O3. The molecule has 1 aromatic carbocycles. The van der Waals surface area contributed by atoms with E-state index in [-0.39, 0.29) is 27.7 Å². The molecule has 0 heterocycles. The molecule has 1 aromatic rings. The van der Waals surface area contributed by atoms with Gasteiger partial charge in [-0.2, -0.15) is 0 Å². The maximum atomic E-state index is 12.4. The summed E-state index contributed by atoms with van der Waals surface area (Å²) in [6.07, 6.45) is 0.716. The molecule has 7 heteroatoms. The van der Waals surface area contributed by atoms with Gasteiger partial charge in [0.05, 0.1) is 9.95 Å². The van der Waals surface area contributed by atoms with E-state index < -0.39 is 10.8 Å². The zero-order valence-electron chi connectivity index (χ0n) is 12.2. The van der Waals surface area contributed by atoms with Crippen molar-refractivity contribution in [3.63, 3.8) is 0 Å². The van der Waals surface area contributed by atoms with Crippen molar-refractivity contribution in [1.29, 1.82) is 0 Å². The second kappa shape index (κ2) is 7.22. The average molecular weight is 378 g/mol. The molecule has 1 amide bonds. The largest absolute Gasteiger partial charge is 0.348 e. The number of carbonyl (C=O) groups excluding carboxylic acids is 1. The van der Waals surface area contributed by atoms with E-state index in [1.54, 1.807) is 0 Å². The Balaban J connectivity index is 3.11. The van der Waals surface area contributed by atoms with E-state index in [9.17, 15) is 14.9 Å². The smallest absolute Gasteiger partial charge is 0.283 e. The van der Waals surface area contributed by atoms with Crippen LogP contribution in [0.3, 0.4) is 0 Å². The van der Waals surface area contributed by atoms with Gasteiger partial charge in [0.15, 0.2) is 0 Å². The summed E-state index contributed by atoms with van der Waals surface area (Å²) in [5.41, 5.74) is -0.543. The molecule has 116 valence electrons. The molecule has 5 nitrogen and oxygen atoms in total. The van der Waals surface area contributed by atoms with Crippen LogP contribution in [0.25, 0.3) is 0 Å². The number of nitro benzene ring substituents is 1. The second-order valence-electron chi connectivity index (χ2n) is 5.76. The van der Waals surface area contributed by atoms with Gasteiger partial charge in [-0.05, 0) is 17.9 Å². The lowest BCUT2D eigenvalue weighted by molar-refractivity contribution is -0.385. The molecule has 0 aliphatic rings. The highest BCUT2D eigenvalue weighted by molar-refractivity contribution is 9.09. The van der Waals surface area contributed by atoms with Crippen LogP contribution >= 0.6 is 27.5 Å². The summed E-state index contributed by atoms with van der Waals surface area (Å²) in [6.45, 7) is 6.00. The lowest BCUT2D eigenvalue weighted by Gasteiger charge is -2.31. The van der Waals surface area contributed by atoms with Gasteiger partial charge in [-0.15, -0.1) is 0 Å². The number of nitrogens with one attached hydrogen (secondary N) is 1. The molecule has 1 N–H and O–H groups in total. The van der Waals surface area contributed by atoms with E-state index in [1.165, 1.54) is 18.2 Å². The van der Waals surface area contributed by atoms with Crippen molar-refractivity contribution < 1.29 is 9.72 Å². The van der Waals surface area contributed by atoms with Crippen LogP contribution in [0.4, 0.5) is 5.69 Å². The molecule has 0 aliphatic heterocycles. The average Bonchev–Trinajstić information content (AvgIpc) is 2.36. The number of hydrogen-bond acceptors (Lipinski definition) is 3. The predicted octanol–water partition coefficient (Wildman–Crippen LogP) is 4.18. The van der Waals surface area contributed by atoms with E-state index >= 15 is 0 Å². The van der Waals surface area contributed by atoms with Crippen LogP contribution < -0.4 is 5.32 Å². The third kappa shape index (κ3) is 4.68. The monoisotopic (exact) mass is 376 g/mol. The predicted molar refractivity (Wildman–Crippen MR) is 87.2 cm³/mol. The van der Waals surface area contributed by atoms with Gasteiger partial charge in [0, 0.05) is 17.4 Å². The number of carbonyl (C=O) groups is 1. The highest BCUT2D eigenvalue weighted by Crippen LogP contribution is 2.28. The van der Waals surface area contributed by atoms with Crippen molar-refractivity contribution in [2.75, 3.05) is 5.33 Å². The number of hydrogen-bond donors (Lipinski definition) is 1. The Morgan fingerprint density at radius 2 is 2.10 bits per heavy atom. The van der Waals surface area contributed by atoms with Crippen molar-refractivity contribution in [1.82, 2.24) is 5.32 Å². The topological polar surface area (TPSA) is 72.2 Å². The maximum absolute atomic E-state index is 12.4. The van der Waals surface area contributed by atoms with Gasteiger partial charge in [0.1, 0.15) is 5.56 Å². The van der Waals surface area contributed by atoms with Crippen molar-refractivity contribution in [3.8, 4) is 0 Å². The van der Waals surface area contributed by atoms with Gasteiger partial charge in [0.2, 0.25) is 0 Å². The van der Waals surface area contributed by atoms with E-state index in [0.717, 1.165) is 5.33 Å². The third-order valence-electron chi connectivity index (χ3n) is 3.16. The first-order valence-electron chi connectivity index (χ1n) is 6.48. The molecular weight excluding hydrogens is 360 g/mol. The fraction of sp³-hybridized carbons (Fsp3) is 0.500. The first kappa shape index (κ1) is 17.9. The summed E-state index contributed by atoms with van der Waals surface area (Å²) in [6, 6.07) is 4.08. The Hall–Kier alpha value is -1.14. The minimum absolute atomic E-state index is 0.0770. The number of alkyl halides is 1. The number of amides is 1. The van der Waals surface area contributed by atoms with Gasteiger partial charge < -0.3 is 5.32 Å². The Kier molecular flexibility index (Phi) is 6.16. The molecule has 1 rings (SSSR count). The molecule has 21 heavy (non-hydrogen) atoms. The summed E-state index contributed by atoms with van der Waals surface area (Å²) in [5.74, 6) is -0.520. The second-order valence-corrected chi connectivity index (χ2v) is 6.96. The number of nitro groups is 1. The Morgan fingerprint density at radius 3 is 2.57 bits per heavy atom. The molecule has 0 saturated carbocycles. The van der Waals surface area contributed by atoms with Gasteiger partial charge in [-0.1, -0.05) is 54.4 Å². The number of halogens is 2. The molecule has 1 atom stereocenters. The SMILES string of the molecule is CC(C)(C)C(CCBr)NC(=O)c1c(Cl)cccc1[N+](=O)[O-]. The first-order valence-corrected chi connectivity index (χ1v) is 7.98. The zero-order valence-corrected chi connectivity index (χ0v) is 14.5. The van der Waals surface area contributed by atoms with Gasteiger partial charge >= 0.3 is 0 Å². The zero-order chi connectivity index (χ0) is 16.2. The fourth-order valence-electron chi connectivity index (χ4n) is 1.95. The van der Waals surface area contributed by atoms with Crippen molar-refractivity contribution in [3.05, 3.63) is 38.9 Å². The Morgan fingerprint density at radius 1 is 1.48 bits per heavy atom. The standard InChI is InChI=1S/C14H18BrClN2O3/c1-14(2,3)11(7-8-15)17-13(19)12-9(16)5-4-6-10(12)18(20)21/h4-6,11H,7-8H2,1-3H3,(H,17,19). The lowest BCUT2D eigenvalue weighted by atomic mass is 9.85. The number of rotatable bonds is 5. The van der Waals surface area contributed by atoms with Gasteiger partial charge in [-0.25, -0.2) is 0 Å². The number of nitrogens with zero attached hydrogens (tertiary/aromatic N) is 1. The maximum Gasteiger partial charge on any atom is 0.283 e. The summed E-state index contributed by atoms with van der Waals surface area (Å²) in [7, 11) is 0. The van der Waals surface area contributed by atoms with Crippen LogP contribution in [0.1, 0.15) is 37.6 Å². The van der Waals surface area contributed by atoms with Crippen molar-refractivity contribution in [2.24, 2.45) is 5.41 Å². The molecule has 0 aromatic heterocycles. The van der Waals surface area contributed by atoms with Crippen LogP contribution in [-0.4, -0.2) is 22.2 Å². The first-order chi connectivity index (χ1) is 9.68. The lowest BCUT2D eigenvalue weighted by Crippen LogP contribution is -2.44. The molecule has 0 radical (unpaired) electrons. The van der Waals surface area contributed by atoms with Crippen molar-refractivity contribution in [2.45, 2.75) is 33.2 Å². The van der Waals surface area contributed by atoms with Gasteiger partial charge in [-0.3, -0.25) is 14.9 Å².